The van der Waals surface area contributed by atoms with Crippen LogP contribution in [0.3, 0.4) is 0 Å². The molecule has 2 heterocycles. The number of nitrogens with one attached hydrogen (secondary N) is 1. The summed E-state index contributed by atoms with van der Waals surface area (Å²) in [6.45, 7) is 1.76. The fourth-order valence-corrected chi connectivity index (χ4v) is 3.75. The zero-order valence-corrected chi connectivity index (χ0v) is 12.3. The Hall–Kier alpha value is -2.14. The van der Waals surface area contributed by atoms with Crippen molar-refractivity contribution in [1.29, 1.82) is 0 Å². The van der Waals surface area contributed by atoms with Crippen LogP contribution in [0.1, 0.15) is 39.8 Å². The van der Waals surface area contributed by atoms with Crippen LogP contribution in [0.15, 0.2) is 24.3 Å². The van der Waals surface area contributed by atoms with Gasteiger partial charge in [-0.2, -0.15) is 0 Å². The van der Waals surface area contributed by atoms with Gasteiger partial charge < -0.3 is 10.1 Å². The minimum Gasteiger partial charge on any atom is -0.477 e. The minimum atomic E-state index is -0.899. The lowest BCUT2D eigenvalue weighted by atomic mass is 10.1. The van der Waals surface area contributed by atoms with Crippen molar-refractivity contribution in [2.45, 2.75) is 25.7 Å². The second kappa shape index (κ2) is 4.43. The molecule has 106 valence electrons. The Labute approximate surface area is 125 Å². The number of aryl methyl sites for hydroxylation is 1. The molecule has 4 nitrogen and oxygen atoms in total. The van der Waals surface area contributed by atoms with Crippen molar-refractivity contribution in [2.24, 2.45) is 0 Å². The van der Waals surface area contributed by atoms with E-state index in [1.54, 1.807) is 6.92 Å². The molecule has 5 heteroatoms. The number of benzene rings is 1. The Morgan fingerprint density at radius 2 is 2.14 bits per heavy atom. The number of nitrogens with zero attached hydrogens (tertiary/aromatic N) is 1. The monoisotopic (exact) mass is 298 g/mol. The van der Waals surface area contributed by atoms with Crippen LogP contribution in [0, 0.1) is 6.92 Å². The average molecular weight is 298 g/mol. The Bertz CT molecular complexity index is 858. The lowest BCUT2D eigenvalue weighted by Gasteiger charge is -1.99. The predicted molar refractivity (Wildman–Crippen MR) is 83.1 cm³/mol. The number of fused-ring (bicyclic) bond motifs is 1. The summed E-state index contributed by atoms with van der Waals surface area (Å²) in [7, 11) is 0. The number of aromatic amines is 1. The van der Waals surface area contributed by atoms with Crippen LogP contribution in [0.2, 0.25) is 0 Å². The SMILES string of the molecule is Cc1nc(-c2c(C3CC3)[nH]c3ccccc23)sc1C(=O)O. The van der Waals surface area contributed by atoms with Gasteiger partial charge in [0.1, 0.15) is 9.88 Å². The van der Waals surface area contributed by atoms with Crippen molar-refractivity contribution < 1.29 is 9.90 Å². The molecule has 21 heavy (non-hydrogen) atoms. The normalized spacial score (nSPS) is 14.7. The second-order valence-electron chi connectivity index (χ2n) is 5.47. The maximum absolute atomic E-state index is 11.3. The Morgan fingerprint density at radius 1 is 1.38 bits per heavy atom. The molecule has 1 saturated carbocycles. The van der Waals surface area contributed by atoms with Gasteiger partial charge in [0, 0.05) is 22.2 Å². The zero-order chi connectivity index (χ0) is 14.6. The quantitative estimate of drug-likeness (QED) is 0.762. The number of hydrogen-bond acceptors (Lipinski definition) is 3. The number of thiazole rings is 1. The minimum absolute atomic E-state index is 0.331. The maximum atomic E-state index is 11.3. The van der Waals surface area contributed by atoms with E-state index in [-0.39, 0.29) is 0 Å². The fraction of sp³-hybridized carbons (Fsp3) is 0.250. The number of aromatic nitrogens is 2. The van der Waals surface area contributed by atoms with Crippen molar-refractivity contribution in [1.82, 2.24) is 9.97 Å². The molecule has 0 bridgehead atoms. The molecule has 0 unspecified atom stereocenters. The van der Waals surface area contributed by atoms with E-state index in [1.165, 1.54) is 29.9 Å². The van der Waals surface area contributed by atoms with Gasteiger partial charge in [0.15, 0.2) is 0 Å². The maximum Gasteiger partial charge on any atom is 0.347 e. The summed E-state index contributed by atoms with van der Waals surface area (Å²) in [5.41, 5.74) is 3.99. The van der Waals surface area contributed by atoms with Gasteiger partial charge in [0.2, 0.25) is 0 Å². The number of hydrogen-bond donors (Lipinski definition) is 2. The average Bonchev–Trinajstić information content (AvgIpc) is 3.12. The van der Waals surface area contributed by atoms with Crippen LogP contribution in [0.4, 0.5) is 0 Å². The van der Waals surface area contributed by atoms with Crippen LogP contribution in [0.5, 0.6) is 0 Å². The number of carbonyl (C=O) groups is 1. The third-order valence-electron chi connectivity index (χ3n) is 3.93. The first-order valence-corrected chi connectivity index (χ1v) is 7.78. The zero-order valence-electron chi connectivity index (χ0n) is 11.5. The van der Waals surface area contributed by atoms with E-state index in [9.17, 15) is 9.90 Å². The van der Waals surface area contributed by atoms with E-state index >= 15 is 0 Å². The largest absolute Gasteiger partial charge is 0.477 e. The van der Waals surface area contributed by atoms with Crippen LogP contribution < -0.4 is 0 Å². The molecule has 1 aliphatic rings. The molecule has 1 aliphatic carbocycles. The van der Waals surface area contributed by atoms with Gasteiger partial charge >= 0.3 is 5.97 Å². The van der Waals surface area contributed by atoms with Crippen molar-refractivity contribution in [3.05, 3.63) is 40.5 Å². The third-order valence-corrected chi connectivity index (χ3v) is 5.09. The van der Waals surface area contributed by atoms with E-state index in [4.69, 9.17) is 0 Å². The smallest absolute Gasteiger partial charge is 0.347 e. The number of carboxylic acid groups (broad SMARTS) is 1. The summed E-state index contributed by atoms with van der Waals surface area (Å²) >= 11 is 1.27. The van der Waals surface area contributed by atoms with Crippen LogP contribution in [-0.2, 0) is 0 Å². The number of rotatable bonds is 3. The van der Waals surface area contributed by atoms with Crippen LogP contribution in [-0.4, -0.2) is 21.0 Å². The topological polar surface area (TPSA) is 66.0 Å². The highest BCUT2D eigenvalue weighted by Gasteiger charge is 2.31. The summed E-state index contributed by atoms with van der Waals surface area (Å²) in [4.78, 5) is 19.6. The summed E-state index contributed by atoms with van der Waals surface area (Å²) in [6, 6.07) is 8.15. The molecule has 0 aliphatic heterocycles. The molecule has 1 fully saturated rings. The molecule has 2 aromatic heterocycles. The summed E-state index contributed by atoms with van der Waals surface area (Å²) < 4.78 is 0. The predicted octanol–water partition coefficient (Wildman–Crippen LogP) is 4.18. The molecule has 0 atom stereocenters. The highest BCUT2D eigenvalue weighted by molar-refractivity contribution is 7.17. The molecular formula is C16H14N2O2S. The van der Waals surface area contributed by atoms with Crippen molar-refractivity contribution in [3.63, 3.8) is 0 Å². The van der Waals surface area contributed by atoms with Crippen molar-refractivity contribution in [2.75, 3.05) is 0 Å². The first kappa shape index (κ1) is 12.6. The Balaban J connectivity index is 1.98. The van der Waals surface area contributed by atoms with Gasteiger partial charge in [-0.1, -0.05) is 18.2 Å². The number of H-pyrrole nitrogens is 1. The van der Waals surface area contributed by atoms with Crippen LogP contribution >= 0.6 is 11.3 Å². The summed E-state index contributed by atoms with van der Waals surface area (Å²) in [6.07, 6.45) is 2.38. The molecule has 1 aromatic carbocycles. The molecule has 0 spiro atoms. The van der Waals surface area contributed by atoms with Gasteiger partial charge in [0.25, 0.3) is 0 Å². The Kier molecular flexibility index (Phi) is 2.65. The van der Waals surface area contributed by atoms with Crippen LogP contribution in [0.25, 0.3) is 21.5 Å². The lowest BCUT2D eigenvalue weighted by Crippen LogP contribution is -1.94. The van der Waals surface area contributed by atoms with Crippen molar-refractivity contribution in [3.8, 4) is 10.6 Å². The Morgan fingerprint density at radius 3 is 2.81 bits per heavy atom. The molecule has 3 aromatic rings. The summed E-state index contributed by atoms with van der Waals surface area (Å²) in [5, 5.41) is 11.2. The molecule has 0 saturated heterocycles. The van der Waals surface area contributed by atoms with Gasteiger partial charge in [-0.05, 0) is 31.7 Å². The summed E-state index contributed by atoms with van der Waals surface area (Å²) in [5.74, 6) is -0.339. The molecule has 4 rings (SSSR count). The van der Waals surface area contributed by atoms with Gasteiger partial charge in [-0.3, -0.25) is 0 Å². The standard InChI is InChI=1S/C16H14N2O2S/c1-8-14(16(19)20)21-15(17-8)12-10-4-2-3-5-11(10)18-13(12)9-6-7-9/h2-5,9,18H,6-7H2,1H3,(H,19,20). The number of carboxylic acids is 1. The van der Waals surface area contributed by atoms with E-state index < -0.39 is 5.97 Å². The first-order valence-electron chi connectivity index (χ1n) is 6.97. The molecular weight excluding hydrogens is 284 g/mol. The first-order chi connectivity index (χ1) is 10.1. The van der Waals surface area contributed by atoms with E-state index in [0.29, 0.717) is 16.5 Å². The number of aromatic carboxylic acids is 1. The second-order valence-corrected chi connectivity index (χ2v) is 6.47. The number of para-hydroxylation sites is 1. The van der Waals surface area contributed by atoms with Gasteiger partial charge in [0.05, 0.1) is 5.69 Å². The van der Waals surface area contributed by atoms with Gasteiger partial charge in [-0.15, -0.1) is 11.3 Å². The van der Waals surface area contributed by atoms with Crippen molar-refractivity contribution >= 4 is 28.2 Å². The molecule has 0 radical (unpaired) electrons. The highest BCUT2D eigenvalue weighted by Crippen LogP contribution is 2.47. The van der Waals surface area contributed by atoms with E-state index in [1.807, 2.05) is 12.1 Å². The third kappa shape index (κ3) is 1.96. The molecule has 0 amide bonds. The molecule has 2 N–H and O–H groups in total. The van der Waals surface area contributed by atoms with E-state index in [0.717, 1.165) is 21.5 Å². The highest BCUT2D eigenvalue weighted by atomic mass is 32.1. The van der Waals surface area contributed by atoms with Gasteiger partial charge in [-0.25, -0.2) is 9.78 Å². The van der Waals surface area contributed by atoms with E-state index in [2.05, 4.69) is 22.1 Å². The fourth-order valence-electron chi connectivity index (χ4n) is 2.77. The lowest BCUT2D eigenvalue weighted by molar-refractivity contribution is 0.0701.